The van der Waals surface area contributed by atoms with E-state index in [9.17, 15) is 13.2 Å². The van der Waals surface area contributed by atoms with E-state index in [0.717, 1.165) is 46.8 Å². The molecule has 0 saturated carbocycles. The largest absolute Gasteiger partial charge is 0.372 e. The van der Waals surface area contributed by atoms with Crippen molar-refractivity contribution in [2.45, 2.75) is 39.0 Å². The summed E-state index contributed by atoms with van der Waals surface area (Å²) >= 11 is 0. The number of morpholine rings is 1. The maximum atomic E-state index is 13.0. The van der Waals surface area contributed by atoms with Gasteiger partial charge in [-0.3, -0.25) is 14.1 Å². The number of benzene rings is 1. The van der Waals surface area contributed by atoms with Crippen molar-refractivity contribution in [3.05, 3.63) is 90.3 Å². The lowest BCUT2D eigenvalue weighted by molar-refractivity contribution is -0.00545. The van der Waals surface area contributed by atoms with Crippen LogP contribution in [-0.4, -0.2) is 66.9 Å². The lowest BCUT2D eigenvalue weighted by Crippen LogP contribution is -2.45. The number of anilines is 2. The van der Waals surface area contributed by atoms with E-state index in [2.05, 4.69) is 35.6 Å². The Morgan fingerprint density at radius 3 is 2.65 bits per heavy atom. The van der Waals surface area contributed by atoms with Gasteiger partial charge in [-0.2, -0.15) is 0 Å². The molecular weight excluding hydrogens is 564 g/mol. The first-order chi connectivity index (χ1) is 20.7. The van der Waals surface area contributed by atoms with E-state index < -0.39 is 10.0 Å². The summed E-state index contributed by atoms with van der Waals surface area (Å²) in [5.74, 6) is 0.430. The van der Waals surface area contributed by atoms with Crippen molar-refractivity contribution in [1.82, 2.24) is 20.3 Å². The molecule has 2 aliphatic rings. The van der Waals surface area contributed by atoms with Crippen molar-refractivity contribution in [2.24, 2.45) is 0 Å². The zero-order valence-electron chi connectivity index (χ0n) is 24.2. The van der Waals surface area contributed by atoms with Gasteiger partial charge in [0.15, 0.2) is 0 Å². The summed E-state index contributed by atoms with van der Waals surface area (Å²) in [6.45, 7) is 9.81. The zero-order chi connectivity index (χ0) is 30.1. The summed E-state index contributed by atoms with van der Waals surface area (Å²) in [5.41, 5.74) is 4.76. The van der Waals surface area contributed by atoms with Crippen LogP contribution in [0.3, 0.4) is 0 Å². The summed E-state index contributed by atoms with van der Waals surface area (Å²) in [7, 11) is -3.52. The number of pyridine rings is 3. The number of rotatable bonds is 8. The number of amides is 1. The molecule has 6 rings (SSSR count). The predicted octanol–water partition coefficient (Wildman–Crippen LogP) is 4.11. The van der Waals surface area contributed by atoms with Gasteiger partial charge in [-0.15, -0.1) is 6.58 Å². The topological polar surface area (TPSA) is 118 Å². The van der Waals surface area contributed by atoms with Gasteiger partial charge in [0.1, 0.15) is 5.82 Å². The number of nitrogens with zero attached hydrogens (tertiary/aromatic N) is 5. The second-order valence-electron chi connectivity index (χ2n) is 11.0. The van der Waals surface area contributed by atoms with Crippen LogP contribution in [0.5, 0.6) is 0 Å². The molecule has 11 heteroatoms. The zero-order valence-corrected chi connectivity index (χ0v) is 25.0. The minimum Gasteiger partial charge on any atom is -0.372 e. The van der Waals surface area contributed by atoms with Crippen LogP contribution in [0.2, 0.25) is 0 Å². The predicted molar refractivity (Wildman–Crippen MR) is 168 cm³/mol. The quantitative estimate of drug-likeness (QED) is 0.301. The summed E-state index contributed by atoms with van der Waals surface area (Å²) in [4.78, 5) is 29.6. The third kappa shape index (κ3) is 6.09. The van der Waals surface area contributed by atoms with E-state index in [1.165, 1.54) is 10.4 Å². The number of aromatic nitrogens is 3. The monoisotopic (exact) mass is 598 g/mol. The highest BCUT2D eigenvalue weighted by Crippen LogP contribution is 2.32. The van der Waals surface area contributed by atoms with Crippen LogP contribution in [0.4, 0.5) is 11.5 Å². The maximum Gasteiger partial charge on any atom is 0.251 e. The number of ether oxygens (including phenoxy) is 1. The molecule has 0 aliphatic carbocycles. The summed E-state index contributed by atoms with van der Waals surface area (Å²) in [6.07, 6.45) is 3.99. The fourth-order valence-electron chi connectivity index (χ4n) is 5.70. The second kappa shape index (κ2) is 11.7. The summed E-state index contributed by atoms with van der Waals surface area (Å²) in [6, 6.07) is 16.9. The Balaban J connectivity index is 1.18. The Bertz CT molecular complexity index is 1800. The van der Waals surface area contributed by atoms with Gasteiger partial charge in [0.25, 0.3) is 5.91 Å². The molecular formula is C32H34N6O4S. The fourth-order valence-corrected chi connectivity index (χ4v) is 7.01. The van der Waals surface area contributed by atoms with E-state index in [0.29, 0.717) is 29.9 Å². The average molecular weight is 599 g/mol. The number of carbonyl (C=O) groups is 1. The van der Waals surface area contributed by atoms with Gasteiger partial charge in [0.05, 0.1) is 52.8 Å². The Hall–Kier alpha value is -4.35. The fraction of sp³-hybridized carbons (Fsp3) is 0.312. The molecule has 1 amide bonds. The molecule has 0 bridgehead atoms. The van der Waals surface area contributed by atoms with Gasteiger partial charge in [-0.1, -0.05) is 18.2 Å². The molecule has 1 saturated heterocycles. The molecule has 0 spiro atoms. The van der Waals surface area contributed by atoms with E-state index in [1.54, 1.807) is 18.3 Å². The number of carbonyl (C=O) groups excluding carboxylic acids is 1. The van der Waals surface area contributed by atoms with Gasteiger partial charge in [-0.05, 0) is 68.3 Å². The highest BCUT2D eigenvalue weighted by molar-refractivity contribution is 7.92. The first-order valence-electron chi connectivity index (χ1n) is 14.4. The van der Waals surface area contributed by atoms with Crippen molar-refractivity contribution in [2.75, 3.05) is 34.6 Å². The number of sulfonamides is 1. The highest BCUT2D eigenvalue weighted by atomic mass is 32.2. The molecule has 3 aromatic heterocycles. The van der Waals surface area contributed by atoms with Crippen LogP contribution in [-0.2, 0) is 27.7 Å². The van der Waals surface area contributed by atoms with Gasteiger partial charge in [-0.25, -0.2) is 18.4 Å². The van der Waals surface area contributed by atoms with Crippen LogP contribution < -0.4 is 14.5 Å². The Morgan fingerprint density at radius 1 is 1.07 bits per heavy atom. The van der Waals surface area contributed by atoms with E-state index in [4.69, 9.17) is 14.7 Å². The molecule has 0 radical (unpaired) electrons. The lowest BCUT2D eigenvalue weighted by atomic mass is 10.1. The van der Waals surface area contributed by atoms with Crippen LogP contribution in [0.15, 0.2) is 73.4 Å². The van der Waals surface area contributed by atoms with E-state index >= 15 is 0 Å². The van der Waals surface area contributed by atoms with Gasteiger partial charge in [0, 0.05) is 36.8 Å². The number of hydrogen-bond donors (Lipinski definition) is 1. The lowest BCUT2D eigenvalue weighted by Gasteiger charge is -2.36. The second-order valence-corrected chi connectivity index (χ2v) is 13.0. The summed E-state index contributed by atoms with van der Waals surface area (Å²) in [5, 5.41) is 3.79. The van der Waals surface area contributed by atoms with Crippen LogP contribution in [0, 0.1) is 0 Å². The standard InChI is InChI=1S/C32H34N6O4S/c1-4-14-43(40,41)38-13-12-23-8-9-24(15-30(23)38)32(39)34-18-26-16-29-25(17-33-26)10-11-28(35-29)27-6-5-7-31(36-27)37-19-21(2)42-22(3)20-37/h4-11,15-17,21-22H,1,12-14,18-20H2,2-3H3,(H,34,39)/t21-,22+. The van der Waals surface area contributed by atoms with Crippen molar-refractivity contribution in [1.29, 1.82) is 0 Å². The van der Waals surface area contributed by atoms with E-state index in [1.807, 2.05) is 42.5 Å². The van der Waals surface area contributed by atoms with Gasteiger partial charge >= 0.3 is 0 Å². The SMILES string of the molecule is C=CCS(=O)(=O)N1CCc2ccc(C(=O)NCc3cc4nc(-c5cccc(N6C[C@@H](C)O[C@@H](C)C6)n5)ccc4cn3)cc21. The molecule has 2 aliphatic heterocycles. The Kier molecular flexibility index (Phi) is 7.85. The molecule has 222 valence electrons. The minimum absolute atomic E-state index is 0.135. The third-order valence-corrected chi connectivity index (χ3v) is 9.37. The third-order valence-electron chi connectivity index (χ3n) is 7.67. The molecule has 4 aromatic rings. The first kappa shape index (κ1) is 28.8. The molecule has 1 fully saturated rings. The molecule has 43 heavy (non-hydrogen) atoms. The van der Waals surface area contributed by atoms with Gasteiger partial charge < -0.3 is 15.0 Å². The molecule has 2 atom stereocenters. The first-order valence-corrected chi connectivity index (χ1v) is 16.0. The highest BCUT2D eigenvalue weighted by Gasteiger charge is 2.29. The molecule has 0 unspecified atom stereocenters. The van der Waals surface area contributed by atoms with Crippen LogP contribution >= 0.6 is 0 Å². The molecule has 10 nitrogen and oxygen atoms in total. The number of hydrogen-bond acceptors (Lipinski definition) is 8. The van der Waals surface area contributed by atoms with Crippen LogP contribution in [0.1, 0.15) is 35.5 Å². The number of fused-ring (bicyclic) bond motifs is 2. The van der Waals surface area contributed by atoms with Crippen molar-refractivity contribution in [3.8, 4) is 11.4 Å². The Labute approximate surface area is 251 Å². The number of nitrogens with one attached hydrogen (secondary N) is 1. The van der Waals surface area contributed by atoms with Crippen molar-refractivity contribution in [3.63, 3.8) is 0 Å². The Morgan fingerprint density at radius 2 is 1.86 bits per heavy atom. The van der Waals surface area contributed by atoms with Crippen molar-refractivity contribution < 1.29 is 17.9 Å². The molecule has 1 aromatic carbocycles. The average Bonchev–Trinajstić information content (AvgIpc) is 3.43. The smallest absolute Gasteiger partial charge is 0.251 e. The minimum atomic E-state index is -3.52. The maximum absolute atomic E-state index is 13.0. The van der Waals surface area contributed by atoms with E-state index in [-0.39, 0.29) is 30.4 Å². The van der Waals surface area contributed by atoms with Crippen molar-refractivity contribution >= 4 is 38.3 Å². The summed E-state index contributed by atoms with van der Waals surface area (Å²) < 4.78 is 32.5. The normalized spacial score (nSPS) is 18.5. The molecule has 1 N–H and O–H groups in total. The van der Waals surface area contributed by atoms with Gasteiger partial charge in [0.2, 0.25) is 10.0 Å². The molecule has 5 heterocycles. The van der Waals surface area contributed by atoms with Crippen LogP contribution in [0.25, 0.3) is 22.3 Å².